The predicted octanol–water partition coefficient (Wildman–Crippen LogP) is 6.49. The molecule has 0 fully saturated rings. The summed E-state index contributed by atoms with van der Waals surface area (Å²) in [5.74, 6) is 0. The van der Waals surface area contributed by atoms with Crippen LogP contribution in [-0.4, -0.2) is 9.97 Å². The molecule has 28 heavy (non-hydrogen) atoms. The predicted molar refractivity (Wildman–Crippen MR) is 108 cm³/mol. The van der Waals surface area contributed by atoms with Crippen molar-refractivity contribution in [2.45, 2.75) is 0 Å². The van der Waals surface area contributed by atoms with Crippen LogP contribution in [0.4, 0.5) is 5.69 Å². The molecule has 6 aromatic rings. The molecule has 0 spiro atoms. The van der Waals surface area contributed by atoms with E-state index in [9.17, 15) is 0 Å². The number of aromatic nitrogens is 2. The third-order valence-electron chi connectivity index (χ3n) is 5.02. The summed E-state index contributed by atoms with van der Waals surface area (Å²) in [7, 11) is 0. The van der Waals surface area contributed by atoms with Gasteiger partial charge >= 0.3 is 0 Å². The Kier molecular flexibility index (Phi) is 2.89. The summed E-state index contributed by atoms with van der Waals surface area (Å²) in [5.41, 5.74) is 6.37. The normalized spacial score (nSPS) is 11.5. The SMILES string of the molecule is [C-]#[N+]c1ccc2oc3ccc(-c4ccc5oc6nccnc6c5c4)cc3c2c1. The van der Waals surface area contributed by atoms with E-state index in [0.29, 0.717) is 11.4 Å². The van der Waals surface area contributed by atoms with Crippen LogP contribution in [-0.2, 0) is 0 Å². The van der Waals surface area contributed by atoms with Crippen molar-refractivity contribution in [3.05, 3.63) is 78.4 Å². The van der Waals surface area contributed by atoms with Crippen LogP contribution in [0, 0.1) is 6.57 Å². The summed E-state index contributed by atoms with van der Waals surface area (Å²) in [5, 5.41) is 2.88. The number of furan rings is 2. The quantitative estimate of drug-likeness (QED) is 0.314. The van der Waals surface area contributed by atoms with E-state index in [1.165, 1.54) is 0 Å². The molecule has 0 bridgehead atoms. The Morgan fingerprint density at radius 3 is 2.11 bits per heavy atom. The number of benzene rings is 3. The third-order valence-corrected chi connectivity index (χ3v) is 5.02. The van der Waals surface area contributed by atoms with E-state index in [2.05, 4.69) is 26.9 Å². The zero-order valence-electron chi connectivity index (χ0n) is 14.5. The van der Waals surface area contributed by atoms with Crippen molar-refractivity contribution in [1.29, 1.82) is 0 Å². The van der Waals surface area contributed by atoms with Crippen LogP contribution in [0.3, 0.4) is 0 Å². The van der Waals surface area contributed by atoms with E-state index in [-0.39, 0.29) is 0 Å². The molecule has 130 valence electrons. The second-order valence-corrected chi connectivity index (χ2v) is 6.63. The molecule has 0 radical (unpaired) electrons. The smallest absolute Gasteiger partial charge is 0.246 e. The van der Waals surface area contributed by atoms with Gasteiger partial charge in [0.05, 0.1) is 6.57 Å². The summed E-state index contributed by atoms with van der Waals surface area (Å²) >= 11 is 0. The summed E-state index contributed by atoms with van der Waals surface area (Å²) in [4.78, 5) is 12.2. The molecule has 5 nitrogen and oxygen atoms in total. The average molecular weight is 361 g/mol. The molecule has 3 heterocycles. The first-order chi connectivity index (χ1) is 13.8. The Bertz CT molecular complexity index is 1580. The molecule has 0 aliphatic rings. The van der Waals surface area contributed by atoms with Crippen LogP contribution in [0.15, 0.2) is 75.8 Å². The van der Waals surface area contributed by atoms with E-state index in [0.717, 1.165) is 49.6 Å². The summed E-state index contributed by atoms with van der Waals surface area (Å²) < 4.78 is 11.7. The van der Waals surface area contributed by atoms with E-state index in [1.807, 2.05) is 36.4 Å². The third kappa shape index (κ3) is 2.06. The van der Waals surface area contributed by atoms with Crippen LogP contribution in [0.25, 0.3) is 60.1 Å². The summed E-state index contributed by atoms with van der Waals surface area (Å²) in [6.45, 7) is 7.26. The van der Waals surface area contributed by atoms with E-state index < -0.39 is 0 Å². The van der Waals surface area contributed by atoms with Gasteiger partial charge in [-0.2, -0.15) is 0 Å². The van der Waals surface area contributed by atoms with Gasteiger partial charge in [-0.3, -0.25) is 0 Å². The lowest BCUT2D eigenvalue weighted by molar-refractivity contribution is 0.653. The van der Waals surface area contributed by atoms with Crippen LogP contribution in [0.1, 0.15) is 0 Å². The molecule has 0 saturated carbocycles. The topological polar surface area (TPSA) is 56.4 Å². The van der Waals surface area contributed by atoms with Gasteiger partial charge in [0.25, 0.3) is 0 Å². The van der Waals surface area contributed by atoms with E-state index in [4.69, 9.17) is 15.4 Å². The maximum Gasteiger partial charge on any atom is 0.246 e. The standard InChI is InChI=1S/C23H11N3O2/c1-24-15-4-7-20-17(12-15)16-10-13(2-5-19(16)27-20)14-3-6-21-18(11-14)22-23(28-21)26-9-8-25-22/h2-12H. The van der Waals surface area contributed by atoms with Gasteiger partial charge in [-0.05, 0) is 47.5 Å². The lowest BCUT2D eigenvalue weighted by Crippen LogP contribution is -1.79. The molecule has 0 saturated heterocycles. The Morgan fingerprint density at radius 2 is 1.32 bits per heavy atom. The van der Waals surface area contributed by atoms with E-state index >= 15 is 0 Å². The van der Waals surface area contributed by atoms with Crippen LogP contribution >= 0.6 is 0 Å². The highest BCUT2D eigenvalue weighted by molar-refractivity contribution is 6.08. The van der Waals surface area contributed by atoms with Gasteiger partial charge in [-0.25, -0.2) is 14.8 Å². The van der Waals surface area contributed by atoms with Crippen molar-refractivity contribution < 1.29 is 8.83 Å². The number of hydrogen-bond donors (Lipinski definition) is 0. The van der Waals surface area contributed by atoms with Crippen LogP contribution < -0.4 is 0 Å². The molecule has 5 heteroatoms. The fourth-order valence-corrected chi connectivity index (χ4v) is 3.69. The molecule has 3 aromatic carbocycles. The molecular formula is C23H11N3O2. The zero-order valence-corrected chi connectivity index (χ0v) is 14.5. The fraction of sp³-hybridized carbons (Fsp3) is 0. The van der Waals surface area contributed by atoms with Crippen LogP contribution in [0.5, 0.6) is 0 Å². The largest absolute Gasteiger partial charge is 0.456 e. The maximum atomic E-state index is 7.26. The molecular weight excluding hydrogens is 350 g/mol. The van der Waals surface area contributed by atoms with Gasteiger partial charge in [-0.15, -0.1) is 0 Å². The lowest BCUT2D eigenvalue weighted by atomic mass is 10.0. The highest BCUT2D eigenvalue weighted by Crippen LogP contribution is 2.36. The molecule has 0 unspecified atom stereocenters. The fourth-order valence-electron chi connectivity index (χ4n) is 3.69. The molecule has 0 atom stereocenters. The van der Waals surface area contributed by atoms with Gasteiger partial charge in [-0.1, -0.05) is 18.2 Å². The molecule has 3 aromatic heterocycles. The molecule has 0 amide bonds. The lowest BCUT2D eigenvalue weighted by Gasteiger charge is -2.02. The zero-order chi connectivity index (χ0) is 18.7. The Labute approximate surface area is 158 Å². The molecule has 0 aliphatic heterocycles. The minimum Gasteiger partial charge on any atom is -0.456 e. The number of hydrogen-bond acceptors (Lipinski definition) is 4. The summed E-state index contributed by atoms with van der Waals surface area (Å²) in [6.07, 6.45) is 3.30. The molecule has 0 aliphatic carbocycles. The van der Waals surface area contributed by atoms with Gasteiger partial charge in [0.1, 0.15) is 22.3 Å². The minimum absolute atomic E-state index is 0.539. The minimum atomic E-state index is 0.539. The first-order valence-corrected chi connectivity index (χ1v) is 8.77. The van der Waals surface area contributed by atoms with E-state index in [1.54, 1.807) is 18.5 Å². The maximum absolute atomic E-state index is 7.26. The second kappa shape index (κ2) is 5.41. The van der Waals surface area contributed by atoms with Crippen molar-refractivity contribution in [1.82, 2.24) is 9.97 Å². The van der Waals surface area contributed by atoms with Crippen molar-refractivity contribution in [2.24, 2.45) is 0 Å². The Balaban J connectivity index is 1.60. The van der Waals surface area contributed by atoms with Crippen molar-refractivity contribution in [2.75, 3.05) is 0 Å². The molecule has 6 rings (SSSR count). The average Bonchev–Trinajstić information content (AvgIpc) is 3.30. The number of fused-ring (bicyclic) bond motifs is 6. The van der Waals surface area contributed by atoms with Gasteiger partial charge in [0.2, 0.25) is 5.71 Å². The highest BCUT2D eigenvalue weighted by Gasteiger charge is 2.12. The van der Waals surface area contributed by atoms with Crippen molar-refractivity contribution in [3.63, 3.8) is 0 Å². The van der Waals surface area contributed by atoms with Gasteiger partial charge in [0.15, 0.2) is 5.69 Å². The van der Waals surface area contributed by atoms with Gasteiger partial charge in [0, 0.05) is 28.6 Å². The first-order valence-electron chi connectivity index (χ1n) is 8.77. The van der Waals surface area contributed by atoms with Gasteiger partial charge < -0.3 is 8.83 Å². The Hall–Kier alpha value is -4.17. The van der Waals surface area contributed by atoms with Crippen molar-refractivity contribution >= 4 is 49.8 Å². The molecule has 0 N–H and O–H groups in total. The van der Waals surface area contributed by atoms with Crippen molar-refractivity contribution in [3.8, 4) is 11.1 Å². The monoisotopic (exact) mass is 361 g/mol. The second-order valence-electron chi connectivity index (χ2n) is 6.63. The first kappa shape index (κ1) is 14.9. The summed E-state index contributed by atoms with van der Waals surface area (Å²) in [6, 6.07) is 17.7. The number of rotatable bonds is 1. The number of nitrogens with zero attached hydrogens (tertiary/aromatic N) is 3. The van der Waals surface area contributed by atoms with Crippen LogP contribution in [0.2, 0.25) is 0 Å². The highest BCUT2D eigenvalue weighted by atomic mass is 16.3. The Morgan fingerprint density at radius 1 is 0.679 bits per heavy atom.